The van der Waals surface area contributed by atoms with Gasteiger partial charge < -0.3 is 24.4 Å². The van der Waals surface area contributed by atoms with Crippen molar-refractivity contribution in [3.63, 3.8) is 0 Å². The second-order valence-electron chi connectivity index (χ2n) is 8.03. The molecule has 9 nitrogen and oxygen atoms in total. The van der Waals surface area contributed by atoms with Gasteiger partial charge in [-0.15, -0.1) is 11.8 Å². The molecule has 6 atom stereocenters. The number of carboxylic acid groups (broad SMARTS) is 1. The number of amides is 2. The molecule has 4 rings (SSSR count). The van der Waals surface area contributed by atoms with Gasteiger partial charge in [0.15, 0.2) is 0 Å². The first-order valence-electron chi connectivity index (χ1n) is 9.95. The Hall–Kier alpha value is -2.30. The number of nitrogens with zero attached hydrogens (tertiary/aromatic N) is 2. The Morgan fingerprint density at radius 3 is 2.90 bits per heavy atom. The van der Waals surface area contributed by atoms with Crippen LogP contribution in [0, 0.1) is 11.8 Å². The second-order valence-corrected chi connectivity index (χ2v) is 9.37. The number of furan rings is 1. The zero-order valence-electron chi connectivity index (χ0n) is 16.7. The van der Waals surface area contributed by atoms with Crippen molar-refractivity contribution in [3.05, 3.63) is 34.8 Å². The summed E-state index contributed by atoms with van der Waals surface area (Å²) in [4.78, 5) is 39.6. The van der Waals surface area contributed by atoms with Crippen LogP contribution in [0.2, 0.25) is 0 Å². The Morgan fingerprint density at radius 1 is 1.53 bits per heavy atom. The average molecular weight is 436 g/mol. The molecule has 2 amide bonds. The Kier molecular flexibility index (Phi) is 5.65. The molecule has 1 aromatic heterocycles. The maximum atomic E-state index is 12.5. The molecule has 0 aromatic carbocycles. The van der Waals surface area contributed by atoms with Crippen molar-refractivity contribution in [2.45, 2.75) is 50.4 Å². The highest BCUT2D eigenvalue weighted by Gasteiger charge is 2.60. The normalized spacial score (nSPS) is 31.5. The van der Waals surface area contributed by atoms with E-state index in [1.165, 1.54) is 16.7 Å². The number of rotatable bonds is 8. The molecule has 30 heavy (non-hydrogen) atoms. The van der Waals surface area contributed by atoms with Crippen molar-refractivity contribution in [1.29, 1.82) is 0 Å². The molecule has 162 valence electrons. The van der Waals surface area contributed by atoms with Gasteiger partial charge in [-0.25, -0.2) is 4.79 Å². The fraction of sp³-hybridized carbons (Fsp3) is 0.550. The lowest BCUT2D eigenvalue weighted by Gasteiger charge is -2.46. The maximum absolute atomic E-state index is 12.5. The number of hydrogen-bond donors (Lipinski definition) is 3. The summed E-state index contributed by atoms with van der Waals surface area (Å²) in [5, 5.41) is 23.1. The van der Waals surface area contributed by atoms with Crippen LogP contribution >= 0.6 is 11.8 Å². The molecule has 0 radical (unpaired) electrons. The number of carbonyl (C=O) groups excluding carboxylic acids is 2. The minimum absolute atomic E-state index is 0.0330. The predicted octanol–water partition coefficient (Wildman–Crippen LogP) is 0.813. The van der Waals surface area contributed by atoms with Crippen LogP contribution in [0.15, 0.2) is 33.4 Å². The van der Waals surface area contributed by atoms with Crippen molar-refractivity contribution in [1.82, 2.24) is 15.1 Å². The van der Waals surface area contributed by atoms with Crippen LogP contribution in [0.1, 0.15) is 26.0 Å². The molecular weight excluding hydrogens is 410 g/mol. The third-order valence-corrected chi connectivity index (χ3v) is 7.64. The molecule has 3 aliphatic heterocycles. The van der Waals surface area contributed by atoms with Gasteiger partial charge in [0.25, 0.3) is 0 Å². The average Bonchev–Trinajstić information content (AvgIpc) is 3.40. The van der Waals surface area contributed by atoms with Crippen LogP contribution in [0.3, 0.4) is 0 Å². The van der Waals surface area contributed by atoms with E-state index in [1.54, 1.807) is 24.2 Å². The van der Waals surface area contributed by atoms with Gasteiger partial charge in [0.1, 0.15) is 11.5 Å². The lowest BCUT2D eigenvalue weighted by atomic mass is 9.79. The van der Waals surface area contributed by atoms with E-state index < -0.39 is 18.0 Å². The SMILES string of the molecule is C[C@@H](O)[C@H]1C(=O)N2C(C(=O)O)=C(S[C@@H]3CN[C@@H](N(C=O)Cc4ccco4)C3)[C@H](C)[C@H]12. The summed E-state index contributed by atoms with van der Waals surface area (Å²) >= 11 is 1.46. The zero-order chi connectivity index (χ0) is 21.6. The van der Waals surface area contributed by atoms with Crippen LogP contribution in [-0.4, -0.2) is 68.4 Å². The largest absolute Gasteiger partial charge is 0.477 e. The van der Waals surface area contributed by atoms with Gasteiger partial charge in [0, 0.05) is 22.6 Å². The first-order chi connectivity index (χ1) is 14.3. The Balaban J connectivity index is 1.47. The molecule has 3 N–H and O–H groups in total. The van der Waals surface area contributed by atoms with E-state index in [1.807, 2.05) is 13.0 Å². The van der Waals surface area contributed by atoms with Crippen molar-refractivity contribution >= 4 is 30.0 Å². The van der Waals surface area contributed by atoms with Gasteiger partial charge in [0.05, 0.1) is 37.0 Å². The summed E-state index contributed by atoms with van der Waals surface area (Å²) in [6.45, 7) is 4.44. The molecule has 2 saturated heterocycles. The molecule has 0 aliphatic carbocycles. The van der Waals surface area contributed by atoms with Gasteiger partial charge in [0.2, 0.25) is 12.3 Å². The molecule has 0 saturated carbocycles. The Bertz CT molecular complexity index is 870. The van der Waals surface area contributed by atoms with E-state index in [2.05, 4.69) is 5.32 Å². The minimum Gasteiger partial charge on any atom is -0.477 e. The van der Waals surface area contributed by atoms with E-state index in [9.17, 15) is 24.6 Å². The van der Waals surface area contributed by atoms with Crippen molar-refractivity contribution < 1.29 is 29.0 Å². The molecule has 4 heterocycles. The summed E-state index contributed by atoms with van der Waals surface area (Å²) in [5.41, 5.74) is 0.0330. The summed E-state index contributed by atoms with van der Waals surface area (Å²) in [6, 6.07) is 3.26. The number of hydrogen-bond acceptors (Lipinski definition) is 7. The lowest BCUT2D eigenvalue weighted by Crippen LogP contribution is -2.63. The minimum atomic E-state index is -1.13. The first-order valence-corrected chi connectivity index (χ1v) is 10.8. The highest BCUT2D eigenvalue weighted by molar-refractivity contribution is 8.03. The maximum Gasteiger partial charge on any atom is 0.353 e. The van der Waals surface area contributed by atoms with Crippen molar-refractivity contribution in [2.24, 2.45) is 11.8 Å². The topological polar surface area (TPSA) is 123 Å². The number of β-lactam (4-membered cyclic amide) rings is 1. The molecule has 0 spiro atoms. The quantitative estimate of drug-likeness (QED) is 0.405. The fourth-order valence-corrected chi connectivity index (χ4v) is 6.16. The van der Waals surface area contributed by atoms with Gasteiger partial charge in [-0.1, -0.05) is 6.92 Å². The smallest absolute Gasteiger partial charge is 0.353 e. The van der Waals surface area contributed by atoms with E-state index in [0.717, 1.165) is 6.41 Å². The van der Waals surface area contributed by atoms with E-state index in [-0.39, 0.29) is 35.0 Å². The number of aliphatic hydroxyl groups is 1. The predicted molar refractivity (Wildman–Crippen MR) is 108 cm³/mol. The molecule has 2 fully saturated rings. The second kappa shape index (κ2) is 8.09. The Morgan fingerprint density at radius 2 is 2.30 bits per heavy atom. The molecular formula is C20H25N3O6S. The van der Waals surface area contributed by atoms with Gasteiger partial charge >= 0.3 is 5.97 Å². The summed E-state index contributed by atoms with van der Waals surface area (Å²) in [5.74, 6) is -1.50. The number of carboxylic acids is 1. The van der Waals surface area contributed by atoms with Crippen molar-refractivity contribution in [2.75, 3.05) is 6.54 Å². The monoisotopic (exact) mass is 435 g/mol. The van der Waals surface area contributed by atoms with Crippen molar-refractivity contribution in [3.8, 4) is 0 Å². The van der Waals surface area contributed by atoms with E-state index in [4.69, 9.17) is 4.42 Å². The van der Waals surface area contributed by atoms with Crippen LogP contribution < -0.4 is 5.32 Å². The molecule has 3 aliphatic rings. The summed E-state index contributed by atoms with van der Waals surface area (Å²) < 4.78 is 5.32. The number of nitrogens with one attached hydrogen (secondary N) is 1. The van der Waals surface area contributed by atoms with Crippen LogP contribution in [0.4, 0.5) is 0 Å². The number of thioether (sulfide) groups is 1. The van der Waals surface area contributed by atoms with E-state index in [0.29, 0.717) is 30.2 Å². The van der Waals surface area contributed by atoms with Gasteiger partial charge in [-0.05, 0) is 25.5 Å². The molecule has 1 aromatic rings. The molecule has 0 bridgehead atoms. The summed E-state index contributed by atoms with van der Waals surface area (Å²) in [6.07, 6.45) is 1.99. The molecule has 0 unspecified atom stereocenters. The molecule has 10 heteroatoms. The number of aliphatic hydroxyl groups excluding tert-OH is 1. The Labute approximate surface area is 178 Å². The summed E-state index contributed by atoms with van der Waals surface area (Å²) in [7, 11) is 0. The number of carbonyl (C=O) groups is 3. The lowest BCUT2D eigenvalue weighted by molar-refractivity contribution is -0.163. The first kappa shape index (κ1) is 21.0. The third kappa shape index (κ3) is 3.42. The standard InChI is InChI=1S/C20H25N3O6S/c1-10-16-15(11(2)25)19(26)23(16)17(20(27)28)18(10)30-13-6-14(21-7-13)22(9-24)8-12-4-3-5-29-12/h3-5,9-11,13-16,21,25H,6-8H2,1-2H3,(H,27,28)/t10-,11-,13+,14+,15-,16-/m1/s1. The van der Waals surface area contributed by atoms with Gasteiger partial charge in [-0.3, -0.25) is 14.9 Å². The van der Waals surface area contributed by atoms with Crippen LogP contribution in [-0.2, 0) is 20.9 Å². The zero-order valence-corrected chi connectivity index (χ0v) is 17.5. The highest BCUT2D eigenvalue weighted by atomic mass is 32.2. The number of fused-ring (bicyclic) bond motifs is 1. The fourth-order valence-electron chi connectivity index (χ4n) is 4.69. The van der Waals surface area contributed by atoms with Gasteiger partial charge in [-0.2, -0.15) is 0 Å². The van der Waals surface area contributed by atoms with Crippen LogP contribution in [0.25, 0.3) is 0 Å². The third-order valence-electron chi connectivity index (χ3n) is 6.13. The van der Waals surface area contributed by atoms with Crippen LogP contribution in [0.5, 0.6) is 0 Å². The van der Waals surface area contributed by atoms with E-state index >= 15 is 0 Å². The highest BCUT2D eigenvalue weighted by Crippen LogP contribution is 2.51. The number of aliphatic carboxylic acids is 1.